The van der Waals surface area contributed by atoms with Crippen molar-refractivity contribution < 1.29 is 14.3 Å². The summed E-state index contributed by atoms with van der Waals surface area (Å²) in [5, 5.41) is 0. The third-order valence-electron chi connectivity index (χ3n) is 2.11. The van der Waals surface area contributed by atoms with E-state index in [1.807, 2.05) is 0 Å². The first-order chi connectivity index (χ1) is 7.60. The van der Waals surface area contributed by atoms with Crippen LogP contribution in [0.1, 0.15) is 0 Å². The number of hydrogen-bond acceptors (Lipinski definition) is 3. The van der Waals surface area contributed by atoms with Gasteiger partial charge in [0, 0.05) is 12.7 Å². The standard InChI is InChI=1S/C11H11BrNO3/c1-13(11(15)10(12)7-14)8-3-5-9(16-2)6-4-8/h3-6,10H,1-2H3. The molecule has 0 aliphatic carbocycles. The number of carbonyl (C=O) groups is 1. The maximum Gasteiger partial charge on any atom is 0.248 e. The molecule has 0 aliphatic rings. The van der Waals surface area contributed by atoms with Crippen LogP contribution in [0.5, 0.6) is 5.75 Å². The maximum atomic E-state index is 11.6. The van der Waals surface area contributed by atoms with Crippen LogP contribution in [0, 0.1) is 0 Å². The first-order valence-corrected chi connectivity index (χ1v) is 5.45. The Morgan fingerprint density at radius 2 is 2.00 bits per heavy atom. The smallest absolute Gasteiger partial charge is 0.248 e. The number of carbonyl (C=O) groups excluding carboxylic acids is 2. The molecule has 0 bridgehead atoms. The molecule has 5 heteroatoms. The van der Waals surface area contributed by atoms with Crippen molar-refractivity contribution in [2.24, 2.45) is 0 Å². The van der Waals surface area contributed by atoms with Gasteiger partial charge in [-0.2, -0.15) is 0 Å². The molecule has 0 saturated heterocycles. The van der Waals surface area contributed by atoms with Gasteiger partial charge in [-0.3, -0.25) is 9.59 Å². The van der Waals surface area contributed by atoms with Crippen LogP contribution in [-0.2, 0) is 9.59 Å². The van der Waals surface area contributed by atoms with Crippen LogP contribution in [0.3, 0.4) is 0 Å². The number of alkyl halides is 1. The quantitative estimate of drug-likeness (QED) is 0.622. The molecule has 0 spiro atoms. The van der Waals surface area contributed by atoms with Gasteiger partial charge in [0.1, 0.15) is 5.75 Å². The summed E-state index contributed by atoms with van der Waals surface area (Å²) in [5.41, 5.74) is 0.686. The fourth-order valence-corrected chi connectivity index (χ4v) is 1.46. The summed E-state index contributed by atoms with van der Waals surface area (Å²) in [7, 11) is 3.16. The Hall–Kier alpha value is -1.36. The minimum Gasteiger partial charge on any atom is -0.497 e. The fraction of sp³-hybridized carbons (Fsp3) is 0.273. The molecule has 0 fully saturated rings. The van der Waals surface area contributed by atoms with Gasteiger partial charge in [0.25, 0.3) is 0 Å². The Labute approximate surface area is 102 Å². The molecule has 0 saturated carbocycles. The predicted octanol–water partition coefficient (Wildman–Crippen LogP) is 1.53. The second kappa shape index (κ2) is 5.65. The summed E-state index contributed by atoms with van der Waals surface area (Å²) < 4.78 is 5.00. The zero-order valence-electron chi connectivity index (χ0n) is 8.94. The highest BCUT2D eigenvalue weighted by Crippen LogP contribution is 2.19. The number of methoxy groups -OCH3 is 1. The highest BCUT2D eigenvalue weighted by molar-refractivity contribution is 9.10. The van der Waals surface area contributed by atoms with Gasteiger partial charge in [0.15, 0.2) is 4.83 Å². The van der Waals surface area contributed by atoms with Crippen LogP contribution < -0.4 is 9.64 Å². The number of anilines is 1. The maximum absolute atomic E-state index is 11.6. The van der Waals surface area contributed by atoms with E-state index >= 15 is 0 Å². The van der Waals surface area contributed by atoms with Crippen LogP contribution in [0.2, 0.25) is 0 Å². The molecule has 0 heterocycles. The van der Waals surface area contributed by atoms with E-state index in [0.29, 0.717) is 11.4 Å². The Bertz CT molecular complexity index is 377. The average molecular weight is 285 g/mol. The largest absolute Gasteiger partial charge is 0.497 e. The molecule has 1 aromatic carbocycles. The summed E-state index contributed by atoms with van der Waals surface area (Å²) >= 11 is 2.93. The van der Waals surface area contributed by atoms with E-state index in [-0.39, 0.29) is 5.91 Å². The van der Waals surface area contributed by atoms with Crippen molar-refractivity contribution in [3.05, 3.63) is 24.3 Å². The number of ether oxygens (including phenoxy) is 1. The molecule has 16 heavy (non-hydrogen) atoms. The van der Waals surface area contributed by atoms with Gasteiger partial charge < -0.3 is 9.64 Å². The minimum atomic E-state index is -0.931. The van der Waals surface area contributed by atoms with Gasteiger partial charge in [-0.15, -0.1) is 0 Å². The summed E-state index contributed by atoms with van der Waals surface area (Å²) in [6.07, 6.45) is 1.59. The first kappa shape index (κ1) is 12.7. The Kier molecular flexibility index (Phi) is 4.49. The zero-order chi connectivity index (χ0) is 12.1. The van der Waals surface area contributed by atoms with Gasteiger partial charge in [0.05, 0.1) is 7.11 Å². The van der Waals surface area contributed by atoms with Crippen LogP contribution in [0.4, 0.5) is 5.69 Å². The minimum absolute atomic E-state index is 0.361. The number of benzene rings is 1. The Morgan fingerprint density at radius 3 is 2.44 bits per heavy atom. The number of halogens is 1. The van der Waals surface area contributed by atoms with Crippen LogP contribution >= 0.6 is 15.9 Å². The van der Waals surface area contributed by atoms with Crippen molar-refractivity contribution in [1.29, 1.82) is 0 Å². The monoisotopic (exact) mass is 284 g/mol. The van der Waals surface area contributed by atoms with E-state index in [2.05, 4.69) is 15.9 Å². The van der Waals surface area contributed by atoms with Gasteiger partial charge in [-0.25, -0.2) is 0 Å². The van der Waals surface area contributed by atoms with Crippen LogP contribution in [-0.4, -0.2) is 31.2 Å². The summed E-state index contributed by atoms with van der Waals surface area (Å²) in [5.74, 6) is 0.349. The molecule has 1 aromatic rings. The van der Waals surface area contributed by atoms with Crippen molar-refractivity contribution in [1.82, 2.24) is 0 Å². The van der Waals surface area contributed by atoms with Crippen molar-refractivity contribution in [3.63, 3.8) is 0 Å². The number of hydrogen-bond donors (Lipinski definition) is 0. The van der Waals surface area contributed by atoms with Crippen molar-refractivity contribution in [2.75, 3.05) is 19.1 Å². The zero-order valence-corrected chi connectivity index (χ0v) is 10.5. The van der Waals surface area contributed by atoms with Crippen molar-refractivity contribution in [3.8, 4) is 5.75 Å². The molecule has 1 radical (unpaired) electrons. The van der Waals surface area contributed by atoms with E-state index in [1.165, 1.54) is 4.90 Å². The average Bonchev–Trinajstić information content (AvgIpc) is 2.36. The molecule has 1 amide bonds. The predicted molar refractivity (Wildman–Crippen MR) is 64.8 cm³/mol. The molecule has 0 aliphatic heterocycles. The molecule has 0 N–H and O–H groups in total. The van der Waals surface area contributed by atoms with E-state index in [1.54, 1.807) is 44.7 Å². The van der Waals surface area contributed by atoms with Crippen molar-refractivity contribution in [2.45, 2.75) is 4.83 Å². The molecule has 4 nitrogen and oxygen atoms in total. The van der Waals surface area contributed by atoms with Crippen molar-refractivity contribution >= 4 is 33.8 Å². The summed E-state index contributed by atoms with van der Waals surface area (Å²) in [6, 6.07) is 6.96. The van der Waals surface area contributed by atoms with E-state index in [0.717, 1.165) is 0 Å². The molecular formula is C11H11BrNO3. The number of rotatable bonds is 4. The second-order valence-corrected chi connectivity index (χ2v) is 3.99. The van der Waals surface area contributed by atoms with Crippen LogP contribution in [0.15, 0.2) is 24.3 Å². The third kappa shape index (κ3) is 2.82. The second-order valence-electron chi connectivity index (χ2n) is 3.08. The molecule has 1 atom stereocenters. The highest BCUT2D eigenvalue weighted by Gasteiger charge is 2.20. The lowest BCUT2D eigenvalue weighted by molar-refractivity contribution is -0.116. The number of nitrogens with zero attached hydrogens (tertiary/aromatic N) is 1. The van der Waals surface area contributed by atoms with E-state index < -0.39 is 4.83 Å². The highest BCUT2D eigenvalue weighted by atomic mass is 79.9. The van der Waals surface area contributed by atoms with Crippen LogP contribution in [0.25, 0.3) is 0 Å². The van der Waals surface area contributed by atoms with E-state index in [9.17, 15) is 9.59 Å². The molecule has 85 valence electrons. The molecule has 1 unspecified atom stereocenters. The lowest BCUT2D eigenvalue weighted by Crippen LogP contribution is -2.33. The Morgan fingerprint density at radius 1 is 1.44 bits per heavy atom. The molecule has 0 aromatic heterocycles. The number of amides is 1. The first-order valence-electron chi connectivity index (χ1n) is 4.53. The van der Waals surface area contributed by atoms with E-state index in [4.69, 9.17) is 4.74 Å². The Balaban J connectivity index is 2.83. The lowest BCUT2D eigenvalue weighted by atomic mass is 10.2. The van der Waals surface area contributed by atoms with Gasteiger partial charge >= 0.3 is 0 Å². The van der Waals surface area contributed by atoms with Gasteiger partial charge in [0.2, 0.25) is 12.2 Å². The molecule has 1 rings (SSSR count). The fourth-order valence-electron chi connectivity index (χ4n) is 1.15. The third-order valence-corrected chi connectivity index (χ3v) is 2.69. The van der Waals surface area contributed by atoms with Gasteiger partial charge in [-0.1, -0.05) is 15.9 Å². The molecular weight excluding hydrogens is 274 g/mol. The normalized spacial score (nSPS) is 11.7. The summed E-state index contributed by atoms with van der Waals surface area (Å²) in [6.45, 7) is 0. The van der Waals surface area contributed by atoms with Gasteiger partial charge in [-0.05, 0) is 24.3 Å². The topological polar surface area (TPSA) is 46.6 Å². The lowest BCUT2D eigenvalue weighted by Gasteiger charge is -2.18. The SMILES string of the molecule is COc1ccc(N(C)C(=O)C(Br)[C]=O)cc1. The summed E-state index contributed by atoms with van der Waals surface area (Å²) in [4.78, 5) is 22.4.